The summed E-state index contributed by atoms with van der Waals surface area (Å²) in [6.07, 6.45) is 4.70. The van der Waals surface area contributed by atoms with Gasteiger partial charge in [0.25, 0.3) is 0 Å². The number of sulfonamides is 1. The van der Waals surface area contributed by atoms with Crippen molar-refractivity contribution in [2.75, 3.05) is 19.0 Å². The van der Waals surface area contributed by atoms with E-state index in [0.29, 0.717) is 12.4 Å². The summed E-state index contributed by atoms with van der Waals surface area (Å²) < 4.78 is 28.9. The number of hydrogen-bond donors (Lipinski definition) is 2. The fourth-order valence-corrected chi connectivity index (χ4v) is 3.90. The molecule has 0 unspecified atom stereocenters. The second kappa shape index (κ2) is 6.41. The van der Waals surface area contributed by atoms with Crippen molar-refractivity contribution in [2.24, 2.45) is 5.14 Å². The average molecular weight is 347 g/mol. The molecule has 1 fully saturated rings. The molecule has 0 saturated heterocycles. The Balaban J connectivity index is 1.88. The highest BCUT2D eigenvalue weighted by Crippen LogP contribution is 2.47. The lowest BCUT2D eigenvalue weighted by molar-refractivity contribution is 0.250. The first-order valence-corrected chi connectivity index (χ1v) is 9.36. The molecule has 1 aromatic heterocycles. The van der Waals surface area contributed by atoms with Crippen molar-refractivity contribution in [1.82, 2.24) is 4.98 Å². The van der Waals surface area contributed by atoms with E-state index in [1.54, 1.807) is 19.4 Å². The van der Waals surface area contributed by atoms with Crippen LogP contribution in [0.3, 0.4) is 0 Å². The number of methoxy groups -OCH3 is 1. The maximum atomic E-state index is 11.7. The molecular formula is C17H21N3O3S. The molecular weight excluding hydrogens is 326 g/mol. The number of para-hydroxylation sites is 1. The van der Waals surface area contributed by atoms with Crippen molar-refractivity contribution in [1.29, 1.82) is 0 Å². The third-order valence-corrected chi connectivity index (χ3v) is 5.60. The van der Waals surface area contributed by atoms with Gasteiger partial charge in [-0.15, -0.1) is 0 Å². The van der Waals surface area contributed by atoms with Crippen LogP contribution in [0.4, 0.5) is 5.82 Å². The number of rotatable bonds is 6. The van der Waals surface area contributed by atoms with Crippen LogP contribution in [0.1, 0.15) is 24.8 Å². The summed E-state index contributed by atoms with van der Waals surface area (Å²) in [5.41, 5.74) is 1.05. The Morgan fingerprint density at radius 3 is 2.62 bits per heavy atom. The number of ether oxygens (including phenoxy) is 1. The molecule has 24 heavy (non-hydrogen) atoms. The first kappa shape index (κ1) is 16.7. The van der Waals surface area contributed by atoms with Crippen LogP contribution in [-0.2, 0) is 15.4 Å². The van der Waals surface area contributed by atoms with Crippen molar-refractivity contribution in [3.8, 4) is 5.75 Å². The zero-order valence-corrected chi connectivity index (χ0v) is 14.3. The van der Waals surface area contributed by atoms with E-state index in [4.69, 9.17) is 9.88 Å². The second-order valence-electron chi connectivity index (χ2n) is 6.08. The molecule has 3 N–H and O–H groups in total. The lowest BCUT2D eigenvalue weighted by Gasteiger charge is -2.43. The van der Waals surface area contributed by atoms with E-state index < -0.39 is 10.0 Å². The van der Waals surface area contributed by atoms with Gasteiger partial charge in [-0.05, 0) is 31.0 Å². The summed E-state index contributed by atoms with van der Waals surface area (Å²) in [5.74, 6) is 1.15. The number of primary sulfonamides is 1. The molecule has 1 aliphatic carbocycles. The number of benzene rings is 1. The smallest absolute Gasteiger partial charge is 0.241 e. The number of anilines is 1. The van der Waals surface area contributed by atoms with Crippen molar-refractivity contribution in [3.63, 3.8) is 0 Å². The quantitative estimate of drug-likeness (QED) is 0.836. The van der Waals surface area contributed by atoms with Gasteiger partial charge in [0.1, 0.15) is 16.5 Å². The zero-order chi connectivity index (χ0) is 17.2. The average Bonchev–Trinajstić information content (AvgIpc) is 2.54. The highest BCUT2D eigenvalue weighted by atomic mass is 32.2. The van der Waals surface area contributed by atoms with Crippen molar-refractivity contribution in [3.05, 3.63) is 48.2 Å². The minimum atomic E-state index is -3.82. The molecule has 1 saturated carbocycles. The van der Waals surface area contributed by atoms with Gasteiger partial charge in [-0.1, -0.05) is 24.6 Å². The topological polar surface area (TPSA) is 94.3 Å². The summed E-state index contributed by atoms with van der Waals surface area (Å²) in [5, 5.41) is 8.46. The zero-order valence-electron chi connectivity index (χ0n) is 13.5. The Hall–Kier alpha value is -2.12. The van der Waals surface area contributed by atoms with E-state index in [9.17, 15) is 8.42 Å². The van der Waals surface area contributed by atoms with E-state index in [-0.39, 0.29) is 10.3 Å². The molecule has 1 aliphatic rings. The van der Waals surface area contributed by atoms with Crippen molar-refractivity contribution >= 4 is 15.8 Å². The van der Waals surface area contributed by atoms with E-state index in [2.05, 4.69) is 16.4 Å². The lowest BCUT2D eigenvalue weighted by Crippen LogP contribution is -2.41. The molecule has 2 aromatic rings. The van der Waals surface area contributed by atoms with E-state index in [0.717, 1.165) is 30.6 Å². The molecule has 0 bridgehead atoms. The predicted molar refractivity (Wildman–Crippen MR) is 92.6 cm³/mol. The summed E-state index contributed by atoms with van der Waals surface area (Å²) in [7, 11) is -2.15. The van der Waals surface area contributed by atoms with Crippen LogP contribution in [0.15, 0.2) is 47.5 Å². The Kier molecular flexibility index (Phi) is 4.47. The van der Waals surface area contributed by atoms with Crippen molar-refractivity contribution in [2.45, 2.75) is 29.6 Å². The highest BCUT2D eigenvalue weighted by molar-refractivity contribution is 7.89. The fraction of sp³-hybridized carbons (Fsp3) is 0.353. The second-order valence-corrected chi connectivity index (χ2v) is 7.61. The van der Waals surface area contributed by atoms with Gasteiger partial charge in [0.15, 0.2) is 0 Å². The first-order valence-electron chi connectivity index (χ1n) is 7.81. The molecule has 0 spiro atoms. The molecule has 128 valence electrons. The number of nitrogens with one attached hydrogen (secondary N) is 1. The van der Waals surface area contributed by atoms with Crippen LogP contribution in [0.5, 0.6) is 5.75 Å². The SMILES string of the molecule is COc1ccccc1C1(CNc2ncccc2S(N)(=O)=O)CCC1. The minimum Gasteiger partial charge on any atom is -0.496 e. The molecule has 7 heteroatoms. The van der Waals surface area contributed by atoms with Crippen LogP contribution >= 0.6 is 0 Å². The lowest BCUT2D eigenvalue weighted by atomic mass is 9.64. The van der Waals surface area contributed by atoms with Gasteiger partial charge in [-0.2, -0.15) is 0 Å². The van der Waals surface area contributed by atoms with Gasteiger partial charge >= 0.3 is 0 Å². The van der Waals surface area contributed by atoms with Crippen molar-refractivity contribution < 1.29 is 13.2 Å². The monoisotopic (exact) mass is 347 g/mol. The van der Waals surface area contributed by atoms with Gasteiger partial charge < -0.3 is 10.1 Å². The van der Waals surface area contributed by atoms with Gasteiger partial charge in [0.05, 0.1) is 7.11 Å². The number of nitrogens with two attached hydrogens (primary N) is 1. The normalized spacial score (nSPS) is 16.2. The van der Waals surface area contributed by atoms with Gasteiger partial charge in [-0.25, -0.2) is 18.5 Å². The van der Waals surface area contributed by atoms with Crippen LogP contribution in [0, 0.1) is 0 Å². The molecule has 3 rings (SSSR count). The van der Waals surface area contributed by atoms with Gasteiger partial charge in [-0.3, -0.25) is 0 Å². The summed E-state index contributed by atoms with van der Waals surface area (Å²) in [4.78, 5) is 4.15. The molecule has 1 heterocycles. The molecule has 6 nitrogen and oxygen atoms in total. The highest BCUT2D eigenvalue weighted by Gasteiger charge is 2.40. The third-order valence-electron chi connectivity index (χ3n) is 4.66. The van der Waals surface area contributed by atoms with E-state index in [1.165, 1.54) is 6.07 Å². The van der Waals surface area contributed by atoms with Crippen LogP contribution < -0.4 is 15.2 Å². The molecule has 0 amide bonds. The van der Waals surface area contributed by atoms with Crippen LogP contribution in [-0.4, -0.2) is 27.1 Å². The van der Waals surface area contributed by atoms with E-state index >= 15 is 0 Å². The minimum absolute atomic E-state index is 0.0134. The van der Waals surface area contributed by atoms with Crippen LogP contribution in [0.2, 0.25) is 0 Å². The summed E-state index contributed by atoms with van der Waals surface area (Å²) in [6.45, 7) is 0.576. The summed E-state index contributed by atoms with van der Waals surface area (Å²) >= 11 is 0. The molecule has 0 aliphatic heterocycles. The Labute approximate surface area is 142 Å². The number of nitrogens with zero attached hydrogens (tertiary/aromatic N) is 1. The molecule has 0 radical (unpaired) electrons. The Morgan fingerprint density at radius 2 is 2.00 bits per heavy atom. The number of pyridine rings is 1. The maximum absolute atomic E-state index is 11.7. The molecule has 1 aromatic carbocycles. The third kappa shape index (κ3) is 3.09. The number of aromatic nitrogens is 1. The Morgan fingerprint density at radius 1 is 1.25 bits per heavy atom. The predicted octanol–water partition coefficient (Wildman–Crippen LogP) is 2.27. The fourth-order valence-electron chi connectivity index (χ4n) is 3.23. The standard InChI is InChI=1S/C17H21N3O3S/c1-23-14-7-3-2-6-13(14)17(9-5-10-17)12-20-16-15(24(18,21)22)8-4-11-19-16/h2-4,6-8,11H,5,9-10,12H2,1H3,(H,19,20)(H2,18,21,22). The molecule has 0 atom stereocenters. The Bertz CT molecular complexity index is 832. The van der Waals surface area contributed by atoms with E-state index in [1.807, 2.05) is 18.2 Å². The maximum Gasteiger partial charge on any atom is 0.241 e. The summed E-state index contributed by atoms with van der Waals surface area (Å²) in [6, 6.07) is 11.0. The first-order chi connectivity index (χ1) is 11.5. The van der Waals surface area contributed by atoms with Gasteiger partial charge in [0.2, 0.25) is 10.0 Å². The number of hydrogen-bond acceptors (Lipinski definition) is 5. The largest absolute Gasteiger partial charge is 0.496 e. The van der Waals surface area contributed by atoms with Crippen LogP contribution in [0.25, 0.3) is 0 Å². The van der Waals surface area contributed by atoms with Gasteiger partial charge in [0, 0.05) is 23.7 Å².